The molecule has 31 heavy (non-hydrogen) atoms. The molecule has 3 aromatic rings. The summed E-state index contributed by atoms with van der Waals surface area (Å²) in [5, 5.41) is 1.23. The van der Waals surface area contributed by atoms with Crippen LogP contribution in [-0.4, -0.2) is 38.2 Å². The smallest absolute Gasteiger partial charge is 0.293 e. The standard InChI is InChI=1S/C21H22N4O3S2.ClH/c1-13(2)25-19(26)17(29-21(25)27)12-14-8-9-18(28-14)30-20-23-15-6-3-4-7-16(15)24(20)11-5-10-22;/h3-4,6-9,12-13H,5,10-11,22H2,1-2H3;1H/b17-12-;. The van der Waals surface area contributed by atoms with E-state index < -0.39 is 0 Å². The van der Waals surface area contributed by atoms with E-state index in [-0.39, 0.29) is 29.6 Å². The van der Waals surface area contributed by atoms with Crippen LogP contribution < -0.4 is 5.73 Å². The van der Waals surface area contributed by atoms with Crippen molar-refractivity contribution >= 4 is 64.2 Å². The second-order valence-corrected chi connectivity index (χ2v) is 9.05. The van der Waals surface area contributed by atoms with Crippen LogP contribution in [0.5, 0.6) is 0 Å². The average molecular weight is 479 g/mol. The van der Waals surface area contributed by atoms with Gasteiger partial charge in [0, 0.05) is 18.7 Å². The van der Waals surface area contributed by atoms with Crippen molar-refractivity contribution in [2.75, 3.05) is 6.54 Å². The second kappa shape index (κ2) is 9.95. The number of carbonyl (C=O) groups excluding carboxylic acids is 2. The average Bonchev–Trinajstić information content (AvgIpc) is 3.37. The third kappa shape index (κ3) is 4.85. The van der Waals surface area contributed by atoms with Gasteiger partial charge in [0.2, 0.25) is 0 Å². The van der Waals surface area contributed by atoms with Gasteiger partial charge >= 0.3 is 0 Å². The SMILES string of the molecule is CC(C)N1C(=O)S/C(=C\c2ccc(Sc3nc4ccccc4n3CCCN)o2)C1=O.Cl. The summed E-state index contributed by atoms with van der Waals surface area (Å²) in [4.78, 5) is 30.9. The van der Waals surface area contributed by atoms with Crippen molar-refractivity contribution in [3.05, 3.63) is 47.1 Å². The van der Waals surface area contributed by atoms with Crippen LogP contribution in [-0.2, 0) is 11.3 Å². The van der Waals surface area contributed by atoms with Gasteiger partial charge in [-0.2, -0.15) is 0 Å². The number of hydrogen-bond donors (Lipinski definition) is 1. The molecule has 4 rings (SSSR count). The lowest BCUT2D eigenvalue weighted by atomic mass is 10.3. The third-order valence-corrected chi connectivity index (χ3v) is 6.41. The largest absolute Gasteiger partial charge is 0.450 e. The number of thioether (sulfide) groups is 1. The van der Waals surface area contributed by atoms with E-state index in [9.17, 15) is 9.59 Å². The van der Waals surface area contributed by atoms with E-state index in [1.165, 1.54) is 16.7 Å². The first-order valence-electron chi connectivity index (χ1n) is 9.68. The first-order valence-corrected chi connectivity index (χ1v) is 11.3. The normalized spacial score (nSPS) is 15.5. The third-order valence-electron chi connectivity index (χ3n) is 4.61. The minimum atomic E-state index is -0.283. The number of furan rings is 1. The van der Waals surface area contributed by atoms with Crippen LogP contribution in [0.1, 0.15) is 26.0 Å². The van der Waals surface area contributed by atoms with Crippen molar-refractivity contribution in [1.29, 1.82) is 0 Å². The van der Waals surface area contributed by atoms with Crippen molar-refractivity contribution in [2.24, 2.45) is 5.73 Å². The van der Waals surface area contributed by atoms with E-state index in [4.69, 9.17) is 15.1 Å². The lowest BCUT2D eigenvalue weighted by Gasteiger charge is -2.16. The van der Waals surface area contributed by atoms with Crippen LogP contribution in [0, 0.1) is 0 Å². The van der Waals surface area contributed by atoms with Gasteiger partial charge in [-0.3, -0.25) is 14.5 Å². The maximum Gasteiger partial charge on any atom is 0.293 e. The number of halogens is 1. The zero-order chi connectivity index (χ0) is 21.3. The molecule has 2 N–H and O–H groups in total. The maximum absolute atomic E-state index is 12.4. The summed E-state index contributed by atoms with van der Waals surface area (Å²) in [7, 11) is 0. The number of hydrogen-bond acceptors (Lipinski definition) is 7. The molecule has 0 aliphatic carbocycles. The van der Waals surface area contributed by atoms with Gasteiger partial charge < -0.3 is 14.7 Å². The molecule has 7 nitrogen and oxygen atoms in total. The van der Waals surface area contributed by atoms with E-state index in [2.05, 4.69) is 4.57 Å². The number of aromatic nitrogens is 2. The lowest BCUT2D eigenvalue weighted by Crippen LogP contribution is -2.34. The van der Waals surface area contributed by atoms with E-state index in [0.29, 0.717) is 22.3 Å². The molecule has 1 aliphatic rings. The van der Waals surface area contributed by atoms with Gasteiger partial charge in [-0.1, -0.05) is 12.1 Å². The predicted octanol–water partition coefficient (Wildman–Crippen LogP) is 5.00. The predicted molar refractivity (Wildman–Crippen MR) is 126 cm³/mol. The fourth-order valence-corrected chi connectivity index (χ4v) is 5.05. The minimum absolute atomic E-state index is 0. The van der Waals surface area contributed by atoms with Gasteiger partial charge in [0.25, 0.3) is 11.1 Å². The topological polar surface area (TPSA) is 94.4 Å². The molecule has 0 spiro atoms. The van der Waals surface area contributed by atoms with E-state index in [1.807, 2.05) is 44.2 Å². The van der Waals surface area contributed by atoms with E-state index in [1.54, 1.807) is 12.1 Å². The zero-order valence-corrected chi connectivity index (χ0v) is 19.6. The number of fused-ring (bicyclic) bond motifs is 1. The Labute approximate surface area is 194 Å². The van der Waals surface area contributed by atoms with Gasteiger partial charge in [-0.25, -0.2) is 4.98 Å². The van der Waals surface area contributed by atoms with Crippen LogP contribution in [0.15, 0.2) is 56.0 Å². The molecule has 0 unspecified atom stereocenters. The molecule has 3 heterocycles. The van der Waals surface area contributed by atoms with Crippen molar-refractivity contribution in [1.82, 2.24) is 14.5 Å². The molecule has 2 aromatic heterocycles. The zero-order valence-electron chi connectivity index (χ0n) is 17.1. The number of nitrogens with two attached hydrogens (primary N) is 1. The Morgan fingerprint density at radius 3 is 2.71 bits per heavy atom. The van der Waals surface area contributed by atoms with Gasteiger partial charge in [-0.05, 0) is 74.6 Å². The Balaban J connectivity index is 0.00000272. The number of imidazole rings is 1. The molecule has 2 amide bonds. The molecule has 0 radical (unpaired) electrons. The molecular formula is C21H23ClN4O3S2. The molecule has 0 saturated carbocycles. The number of carbonyl (C=O) groups is 2. The number of nitrogens with zero attached hydrogens (tertiary/aromatic N) is 3. The van der Waals surface area contributed by atoms with E-state index in [0.717, 1.165) is 40.9 Å². The first-order chi connectivity index (χ1) is 14.5. The molecule has 0 atom stereocenters. The quantitative estimate of drug-likeness (QED) is 0.477. The van der Waals surface area contributed by atoms with Gasteiger partial charge in [-0.15, -0.1) is 12.4 Å². The highest BCUT2D eigenvalue weighted by Gasteiger charge is 2.36. The lowest BCUT2D eigenvalue weighted by molar-refractivity contribution is -0.123. The molecular weight excluding hydrogens is 456 g/mol. The maximum atomic E-state index is 12.4. The molecule has 1 saturated heterocycles. The fraction of sp³-hybridized carbons (Fsp3) is 0.286. The summed E-state index contributed by atoms with van der Waals surface area (Å²) in [5.41, 5.74) is 7.68. The van der Waals surface area contributed by atoms with Gasteiger partial charge in [0.05, 0.1) is 15.9 Å². The summed E-state index contributed by atoms with van der Waals surface area (Å²) >= 11 is 2.36. The Morgan fingerprint density at radius 2 is 2.00 bits per heavy atom. The van der Waals surface area contributed by atoms with Crippen LogP contribution in [0.4, 0.5) is 4.79 Å². The highest BCUT2D eigenvalue weighted by atomic mass is 35.5. The summed E-state index contributed by atoms with van der Waals surface area (Å²) in [6, 6.07) is 11.4. The minimum Gasteiger partial charge on any atom is -0.450 e. The highest BCUT2D eigenvalue weighted by molar-refractivity contribution is 8.18. The Kier molecular flexibility index (Phi) is 7.53. The van der Waals surface area contributed by atoms with Crippen molar-refractivity contribution in [2.45, 2.75) is 43.1 Å². The first kappa shape index (κ1) is 23.5. The summed E-state index contributed by atoms with van der Waals surface area (Å²) in [6.07, 6.45) is 2.47. The van der Waals surface area contributed by atoms with Crippen molar-refractivity contribution < 1.29 is 14.0 Å². The Bertz CT molecular complexity index is 1140. The number of rotatable bonds is 7. The number of para-hydroxylation sites is 2. The second-order valence-electron chi connectivity index (χ2n) is 7.08. The van der Waals surface area contributed by atoms with Crippen LogP contribution in [0.3, 0.4) is 0 Å². The summed E-state index contributed by atoms with van der Waals surface area (Å²) in [5.74, 6) is 0.241. The van der Waals surface area contributed by atoms with Crippen molar-refractivity contribution in [3.8, 4) is 0 Å². The molecule has 164 valence electrons. The number of imide groups is 1. The Hall–Kier alpha value is -2.20. The molecule has 10 heteroatoms. The van der Waals surface area contributed by atoms with Gasteiger partial charge in [0.15, 0.2) is 10.2 Å². The highest BCUT2D eigenvalue weighted by Crippen LogP contribution is 2.36. The monoisotopic (exact) mass is 478 g/mol. The fourth-order valence-electron chi connectivity index (χ4n) is 3.21. The molecule has 1 fully saturated rings. The number of benzene rings is 1. The van der Waals surface area contributed by atoms with Crippen LogP contribution >= 0.6 is 35.9 Å². The number of aryl methyl sites for hydroxylation is 1. The summed E-state index contributed by atoms with van der Waals surface area (Å²) in [6.45, 7) is 5.01. The van der Waals surface area contributed by atoms with Crippen molar-refractivity contribution in [3.63, 3.8) is 0 Å². The van der Waals surface area contributed by atoms with E-state index >= 15 is 0 Å². The molecule has 0 bridgehead atoms. The van der Waals surface area contributed by atoms with Crippen LogP contribution in [0.2, 0.25) is 0 Å². The summed E-state index contributed by atoms with van der Waals surface area (Å²) < 4.78 is 8.04. The molecule has 1 aromatic carbocycles. The number of amides is 2. The Morgan fingerprint density at radius 1 is 1.23 bits per heavy atom. The van der Waals surface area contributed by atoms with Gasteiger partial charge in [0.1, 0.15) is 5.76 Å². The van der Waals surface area contributed by atoms with Crippen LogP contribution in [0.25, 0.3) is 17.1 Å². The molecule has 1 aliphatic heterocycles.